The highest BCUT2D eigenvalue weighted by molar-refractivity contribution is 5.46. The number of aromatic nitrogens is 1. The van der Waals surface area contributed by atoms with E-state index >= 15 is 0 Å². The van der Waals surface area contributed by atoms with Crippen molar-refractivity contribution < 1.29 is 4.92 Å². The molecule has 1 aromatic heterocycles. The van der Waals surface area contributed by atoms with Gasteiger partial charge < -0.3 is 4.90 Å². The number of benzene rings is 1. The molecule has 0 amide bonds. The standard InChI is InChI=1S/C15H15N3O2/c19-18(20)13-8-9-15(16-11-13)17-10-4-7-14(17)12-5-2-1-3-6-12/h1-3,5-6,8-9,11,14H,4,7,10H2. The van der Waals surface area contributed by atoms with Crippen molar-refractivity contribution >= 4 is 11.5 Å². The summed E-state index contributed by atoms with van der Waals surface area (Å²) in [6.45, 7) is 0.935. The maximum absolute atomic E-state index is 10.7. The number of pyridine rings is 1. The lowest BCUT2D eigenvalue weighted by molar-refractivity contribution is -0.385. The highest BCUT2D eigenvalue weighted by atomic mass is 16.6. The normalized spacial score (nSPS) is 18.2. The van der Waals surface area contributed by atoms with Crippen LogP contribution in [-0.2, 0) is 0 Å². The molecule has 1 aliphatic rings. The summed E-state index contributed by atoms with van der Waals surface area (Å²) in [5.74, 6) is 0.807. The predicted molar refractivity (Wildman–Crippen MR) is 76.7 cm³/mol. The fourth-order valence-electron chi connectivity index (χ4n) is 2.72. The van der Waals surface area contributed by atoms with Crippen LogP contribution in [0.2, 0.25) is 0 Å². The summed E-state index contributed by atoms with van der Waals surface area (Å²) in [6, 6.07) is 13.9. The predicted octanol–water partition coefficient (Wildman–Crippen LogP) is 3.33. The Labute approximate surface area is 117 Å². The van der Waals surface area contributed by atoms with E-state index in [4.69, 9.17) is 0 Å². The van der Waals surface area contributed by atoms with Crippen molar-refractivity contribution in [3.8, 4) is 0 Å². The third-order valence-corrected chi connectivity index (χ3v) is 3.67. The van der Waals surface area contributed by atoms with Gasteiger partial charge in [0, 0.05) is 12.6 Å². The molecule has 0 aliphatic carbocycles. The van der Waals surface area contributed by atoms with Crippen LogP contribution in [0.3, 0.4) is 0 Å². The zero-order valence-electron chi connectivity index (χ0n) is 11.0. The van der Waals surface area contributed by atoms with Gasteiger partial charge in [-0.15, -0.1) is 0 Å². The zero-order chi connectivity index (χ0) is 13.9. The second-order valence-electron chi connectivity index (χ2n) is 4.89. The largest absolute Gasteiger partial charge is 0.350 e. The Balaban J connectivity index is 1.87. The Morgan fingerprint density at radius 2 is 2.00 bits per heavy atom. The molecule has 1 aliphatic heterocycles. The number of hydrogen-bond acceptors (Lipinski definition) is 4. The topological polar surface area (TPSA) is 59.3 Å². The lowest BCUT2D eigenvalue weighted by Crippen LogP contribution is -2.23. The van der Waals surface area contributed by atoms with Crippen LogP contribution in [0.4, 0.5) is 11.5 Å². The molecule has 0 spiro atoms. The Morgan fingerprint density at radius 1 is 1.20 bits per heavy atom. The first-order chi connectivity index (χ1) is 9.75. The average Bonchev–Trinajstić information content (AvgIpc) is 2.97. The van der Waals surface area contributed by atoms with Crippen LogP contribution in [0.25, 0.3) is 0 Å². The van der Waals surface area contributed by atoms with Gasteiger partial charge in [0.1, 0.15) is 12.0 Å². The minimum Gasteiger partial charge on any atom is -0.350 e. The zero-order valence-corrected chi connectivity index (χ0v) is 11.0. The quantitative estimate of drug-likeness (QED) is 0.633. The van der Waals surface area contributed by atoms with Gasteiger partial charge in [-0.3, -0.25) is 10.1 Å². The summed E-state index contributed by atoms with van der Waals surface area (Å²) in [5, 5.41) is 10.7. The van der Waals surface area contributed by atoms with E-state index in [-0.39, 0.29) is 5.69 Å². The lowest BCUT2D eigenvalue weighted by atomic mass is 10.0. The molecule has 0 saturated carbocycles. The molecular weight excluding hydrogens is 254 g/mol. The van der Waals surface area contributed by atoms with Gasteiger partial charge in [-0.2, -0.15) is 0 Å². The van der Waals surface area contributed by atoms with Gasteiger partial charge >= 0.3 is 0 Å². The van der Waals surface area contributed by atoms with Crippen molar-refractivity contribution in [3.05, 3.63) is 64.3 Å². The van der Waals surface area contributed by atoms with Gasteiger partial charge in [0.25, 0.3) is 5.69 Å². The second kappa shape index (κ2) is 5.28. The van der Waals surface area contributed by atoms with E-state index < -0.39 is 4.92 Å². The molecule has 1 atom stereocenters. The first-order valence-electron chi connectivity index (χ1n) is 6.68. The van der Waals surface area contributed by atoms with Crippen molar-refractivity contribution in [2.24, 2.45) is 0 Å². The van der Waals surface area contributed by atoms with Crippen LogP contribution in [-0.4, -0.2) is 16.5 Å². The monoisotopic (exact) mass is 269 g/mol. The molecule has 2 heterocycles. The molecule has 1 unspecified atom stereocenters. The summed E-state index contributed by atoms with van der Waals surface area (Å²) in [5.41, 5.74) is 1.30. The van der Waals surface area contributed by atoms with Gasteiger partial charge in [0.05, 0.1) is 11.0 Å². The molecule has 3 rings (SSSR count). The molecule has 0 radical (unpaired) electrons. The van der Waals surface area contributed by atoms with E-state index in [1.165, 1.54) is 17.8 Å². The molecular formula is C15H15N3O2. The van der Waals surface area contributed by atoms with E-state index in [0.29, 0.717) is 6.04 Å². The Hall–Kier alpha value is -2.43. The van der Waals surface area contributed by atoms with Gasteiger partial charge in [-0.25, -0.2) is 4.98 Å². The Morgan fingerprint density at radius 3 is 2.65 bits per heavy atom. The fraction of sp³-hybridized carbons (Fsp3) is 0.267. The van der Waals surface area contributed by atoms with E-state index in [2.05, 4.69) is 22.0 Å². The smallest absolute Gasteiger partial charge is 0.287 e. The first kappa shape index (κ1) is 12.6. The van der Waals surface area contributed by atoms with E-state index in [9.17, 15) is 10.1 Å². The van der Waals surface area contributed by atoms with Crippen molar-refractivity contribution in [2.45, 2.75) is 18.9 Å². The van der Waals surface area contributed by atoms with Gasteiger partial charge in [-0.1, -0.05) is 30.3 Å². The SMILES string of the molecule is O=[N+]([O-])c1ccc(N2CCCC2c2ccccc2)nc1. The lowest BCUT2D eigenvalue weighted by Gasteiger charge is -2.25. The Bertz CT molecular complexity index is 598. The van der Waals surface area contributed by atoms with Gasteiger partial charge in [0.2, 0.25) is 0 Å². The molecule has 0 bridgehead atoms. The van der Waals surface area contributed by atoms with Crippen LogP contribution in [0.1, 0.15) is 24.4 Å². The molecule has 1 fully saturated rings. The number of anilines is 1. The number of nitrogens with zero attached hydrogens (tertiary/aromatic N) is 3. The van der Waals surface area contributed by atoms with Gasteiger partial charge in [0.15, 0.2) is 0 Å². The third-order valence-electron chi connectivity index (χ3n) is 3.67. The van der Waals surface area contributed by atoms with Crippen molar-refractivity contribution in [2.75, 3.05) is 11.4 Å². The summed E-state index contributed by atoms with van der Waals surface area (Å²) >= 11 is 0. The third kappa shape index (κ3) is 2.34. The van der Waals surface area contributed by atoms with Crippen LogP contribution >= 0.6 is 0 Å². The van der Waals surface area contributed by atoms with Crippen LogP contribution < -0.4 is 4.90 Å². The minimum atomic E-state index is -0.421. The molecule has 2 aromatic rings. The van der Waals surface area contributed by atoms with E-state index in [1.54, 1.807) is 6.07 Å². The highest BCUT2D eigenvalue weighted by Gasteiger charge is 2.27. The molecule has 0 N–H and O–H groups in total. The number of hydrogen-bond donors (Lipinski definition) is 0. The molecule has 1 saturated heterocycles. The van der Waals surface area contributed by atoms with Crippen LogP contribution in [0.5, 0.6) is 0 Å². The van der Waals surface area contributed by atoms with E-state index in [0.717, 1.165) is 25.2 Å². The summed E-state index contributed by atoms with van der Waals surface area (Å²) in [4.78, 5) is 16.7. The Kier molecular flexibility index (Phi) is 3.33. The molecule has 1 aromatic carbocycles. The highest BCUT2D eigenvalue weighted by Crippen LogP contribution is 2.35. The molecule has 102 valence electrons. The summed E-state index contributed by atoms with van der Waals surface area (Å²) < 4.78 is 0. The minimum absolute atomic E-state index is 0.0317. The second-order valence-corrected chi connectivity index (χ2v) is 4.89. The first-order valence-corrected chi connectivity index (χ1v) is 6.68. The van der Waals surface area contributed by atoms with Crippen LogP contribution in [0, 0.1) is 10.1 Å². The van der Waals surface area contributed by atoms with Crippen molar-refractivity contribution in [1.82, 2.24) is 4.98 Å². The maximum Gasteiger partial charge on any atom is 0.287 e. The molecule has 5 nitrogen and oxygen atoms in total. The number of rotatable bonds is 3. The molecule has 5 heteroatoms. The van der Waals surface area contributed by atoms with Gasteiger partial charge in [-0.05, 0) is 24.5 Å². The van der Waals surface area contributed by atoms with E-state index in [1.807, 2.05) is 18.2 Å². The maximum atomic E-state index is 10.7. The summed E-state index contributed by atoms with van der Waals surface area (Å²) in [6.07, 6.45) is 3.52. The van der Waals surface area contributed by atoms with Crippen molar-refractivity contribution in [3.63, 3.8) is 0 Å². The van der Waals surface area contributed by atoms with Crippen LogP contribution in [0.15, 0.2) is 48.7 Å². The molecule has 20 heavy (non-hydrogen) atoms. The fourth-order valence-corrected chi connectivity index (χ4v) is 2.72. The summed E-state index contributed by atoms with van der Waals surface area (Å²) in [7, 11) is 0. The van der Waals surface area contributed by atoms with Crippen molar-refractivity contribution in [1.29, 1.82) is 0 Å². The average molecular weight is 269 g/mol. The number of nitro groups is 1.